The average molecular weight is 242 g/mol. The van der Waals surface area contributed by atoms with Crippen molar-refractivity contribution in [1.29, 1.82) is 5.26 Å². The Bertz CT molecular complexity index is 470. The Hall–Kier alpha value is -1.82. The standard InChI is InChI=1S/C15H18N2O/c1-17(11-12-5-2-3-6-12)15(18)14-8-4-7-13(9-14)10-16/h4,7-9,12H,2-3,5-6,11H2,1H3. The highest BCUT2D eigenvalue weighted by atomic mass is 16.2. The predicted molar refractivity (Wildman–Crippen MR) is 70.1 cm³/mol. The van der Waals surface area contributed by atoms with Gasteiger partial charge >= 0.3 is 0 Å². The molecule has 1 aliphatic carbocycles. The molecular weight excluding hydrogens is 224 g/mol. The topological polar surface area (TPSA) is 44.1 Å². The minimum absolute atomic E-state index is 0.0130. The number of nitrogens with zero attached hydrogens (tertiary/aromatic N) is 2. The van der Waals surface area contributed by atoms with Gasteiger partial charge in [0.1, 0.15) is 0 Å². The van der Waals surface area contributed by atoms with Crippen LogP contribution in [0, 0.1) is 17.2 Å². The van der Waals surface area contributed by atoms with Crippen molar-refractivity contribution >= 4 is 5.91 Å². The molecule has 1 aliphatic rings. The molecule has 1 aromatic rings. The third-order valence-electron chi connectivity index (χ3n) is 3.59. The Kier molecular flexibility index (Phi) is 3.99. The molecule has 3 heteroatoms. The van der Waals surface area contributed by atoms with Crippen molar-refractivity contribution in [2.75, 3.05) is 13.6 Å². The summed E-state index contributed by atoms with van der Waals surface area (Å²) in [7, 11) is 1.85. The Balaban J connectivity index is 2.03. The van der Waals surface area contributed by atoms with Crippen molar-refractivity contribution in [2.45, 2.75) is 25.7 Å². The highest BCUT2D eigenvalue weighted by Gasteiger charge is 2.20. The molecule has 0 bridgehead atoms. The van der Waals surface area contributed by atoms with Crippen molar-refractivity contribution < 1.29 is 4.79 Å². The maximum Gasteiger partial charge on any atom is 0.253 e. The molecule has 3 nitrogen and oxygen atoms in total. The molecule has 0 heterocycles. The number of carbonyl (C=O) groups excluding carboxylic acids is 1. The van der Waals surface area contributed by atoms with E-state index in [2.05, 4.69) is 6.07 Å². The van der Waals surface area contributed by atoms with E-state index in [1.807, 2.05) is 7.05 Å². The van der Waals surface area contributed by atoms with E-state index in [9.17, 15) is 4.79 Å². The number of amides is 1. The number of carbonyl (C=O) groups is 1. The first-order valence-corrected chi connectivity index (χ1v) is 6.46. The van der Waals surface area contributed by atoms with Crippen LogP contribution in [0.1, 0.15) is 41.6 Å². The van der Waals surface area contributed by atoms with Gasteiger partial charge in [-0.3, -0.25) is 4.79 Å². The molecule has 18 heavy (non-hydrogen) atoms. The van der Waals surface area contributed by atoms with Gasteiger partial charge in [0.2, 0.25) is 0 Å². The van der Waals surface area contributed by atoms with Gasteiger partial charge in [0, 0.05) is 19.2 Å². The molecule has 1 fully saturated rings. The van der Waals surface area contributed by atoms with E-state index in [0.717, 1.165) is 6.54 Å². The number of hydrogen-bond acceptors (Lipinski definition) is 2. The Morgan fingerprint density at radius 1 is 1.44 bits per heavy atom. The maximum atomic E-state index is 12.2. The monoisotopic (exact) mass is 242 g/mol. The first-order chi connectivity index (χ1) is 8.70. The molecule has 0 N–H and O–H groups in total. The largest absolute Gasteiger partial charge is 0.341 e. The fraction of sp³-hybridized carbons (Fsp3) is 0.467. The van der Waals surface area contributed by atoms with Crippen molar-refractivity contribution in [1.82, 2.24) is 4.90 Å². The van der Waals surface area contributed by atoms with Crippen LogP contribution in [-0.4, -0.2) is 24.4 Å². The number of rotatable bonds is 3. The summed E-state index contributed by atoms with van der Waals surface area (Å²) in [5.41, 5.74) is 1.14. The predicted octanol–water partition coefficient (Wildman–Crippen LogP) is 2.82. The number of hydrogen-bond donors (Lipinski definition) is 0. The van der Waals surface area contributed by atoms with E-state index in [0.29, 0.717) is 17.0 Å². The second-order valence-electron chi connectivity index (χ2n) is 5.03. The maximum absolute atomic E-state index is 12.2. The molecule has 94 valence electrons. The highest BCUT2D eigenvalue weighted by Crippen LogP contribution is 2.25. The molecule has 1 aromatic carbocycles. The van der Waals surface area contributed by atoms with Gasteiger partial charge in [-0.25, -0.2) is 0 Å². The molecule has 0 aromatic heterocycles. The Morgan fingerprint density at radius 3 is 2.83 bits per heavy atom. The summed E-state index contributed by atoms with van der Waals surface area (Å²) in [6, 6.07) is 8.97. The van der Waals surface area contributed by atoms with Crippen LogP contribution in [0.5, 0.6) is 0 Å². The number of benzene rings is 1. The molecule has 0 radical (unpaired) electrons. The quantitative estimate of drug-likeness (QED) is 0.818. The molecule has 1 amide bonds. The zero-order valence-electron chi connectivity index (χ0n) is 10.7. The van der Waals surface area contributed by atoms with Gasteiger partial charge in [-0.05, 0) is 37.0 Å². The lowest BCUT2D eigenvalue weighted by Crippen LogP contribution is -2.31. The van der Waals surface area contributed by atoms with Crippen LogP contribution >= 0.6 is 0 Å². The van der Waals surface area contributed by atoms with Gasteiger partial charge in [0.25, 0.3) is 5.91 Å². The SMILES string of the molecule is CN(CC1CCCC1)C(=O)c1cccc(C#N)c1. The Morgan fingerprint density at radius 2 is 2.17 bits per heavy atom. The van der Waals surface area contributed by atoms with Gasteiger partial charge in [0.05, 0.1) is 11.6 Å². The zero-order chi connectivity index (χ0) is 13.0. The fourth-order valence-corrected chi connectivity index (χ4v) is 2.61. The first-order valence-electron chi connectivity index (χ1n) is 6.46. The summed E-state index contributed by atoms with van der Waals surface area (Å²) in [6.45, 7) is 0.829. The molecule has 0 aliphatic heterocycles. The molecule has 2 rings (SSSR count). The second-order valence-corrected chi connectivity index (χ2v) is 5.03. The van der Waals surface area contributed by atoms with Crippen LogP contribution < -0.4 is 0 Å². The van der Waals surface area contributed by atoms with Gasteiger partial charge in [-0.2, -0.15) is 5.26 Å². The normalized spacial score (nSPS) is 15.3. The average Bonchev–Trinajstić information content (AvgIpc) is 2.90. The smallest absolute Gasteiger partial charge is 0.253 e. The third-order valence-corrected chi connectivity index (χ3v) is 3.59. The molecule has 0 saturated heterocycles. The third kappa shape index (κ3) is 2.89. The van der Waals surface area contributed by atoms with Crippen LogP contribution in [0.3, 0.4) is 0 Å². The van der Waals surface area contributed by atoms with E-state index in [1.54, 1.807) is 29.2 Å². The van der Waals surface area contributed by atoms with Gasteiger partial charge < -0.3 is 4.90 Å². The molecule has 0 unspecified atom stereocenters. The van der Waals surface area contributed by atoms with Crippen LogP contribution in [0.2, 0.25) is 0 Å². The summed E-state index contributed by atoms with van der Waals surface area (Å²) >= 11 is 0. The molecule has 0 spiro atoms. The highest BCUT2D eigenvalue weighted by molar-refractivity contribution is 5.94. The van der Waals surface area contributed by atoms with Crippen LogP contribution in [0.15, 0.2) is 24.3 Å². The van der Waals surface area contributed by atoms with Crippen molar-refractivity contribution in [3.05, 3.63) is 35.4 Å². The van der Waals surface area contributed by atoms with Crippen LogP contribution in [0.25, 0.3) is 0 Å². The molecule has 1 saturated carbocycles. The van der Waals surface area contributed by atoms with Gasteiger partial charge in [-0.1, -0.05) is 18.9 Å². The minimum Gasteiger partial charge on any atom is -0.341 e. The lowest BCUT2D eigenvalue weighted by molar-refractivity contribution is 0.0773. The molecular formula is C15H18N2O. The lowest BCUT2D eigenvalue weighted by atomic mass is 10.1. The van der Waals surface area contributed by atoms with E-state index >= 15 is 0 Å². The van der Waals surface area contributed by atoms with E-state index < -0.39 is 0 Å². The van der Waals surface area contributed by atoms with Crippen molar-refractivity contribution in [3.8, 4) is 6.07 Å². The fourth-order valence-electron chi connectivity index (χ4n) is 2.61. The summed E-state index contributed by atoms with van der Waals surface area (Å²) in [4.78, 5) is 14.0. The van der Waals surface area contributed by atoms with E-state index in [4.69, 9.17) is 5.26 Å². The Labute approximate surface area is 108 Å². The van der Waals surface area contributed by atoms with Gasteiger partial charge in [0.15, 0.2) is 0 Å². The number of nitriles is 1. The summed E-state index contributed by atoms with van der Waals surface area (Å²) in [5, 5.41) is 8.84. The lowest BCUT2D eigenvalue weighted by Gasteiger charge is -2.21. The van der Waals surface area contributed by atoms with Crippen LogP contribution in [0.4, 0.5) is 0 Å². The van der Waals surface area contributed by atoms with E-state index in [-0.39, 0.29) is 5.91 Å². The second kappa shape index (κ2) is 5.68. The summed E-state index contributed by atoms with van der Waals surface area (Å²) in [6.07, 6.45) is 5.04. The van der Waals surface area contributed by atoms with E-state index in [1.165, 1.54) is 25.7 Å². The van der Waals surface area contributed by atoms with Crippen LogP contribution in [-0.2, 0) is 0 Å². The van der Waals surface area contributed by atoms with Gasteiger partial charge in [-0.15, -0.1) is 0 Å². The summed E-state index contributed by atoms with van der Waals surface area (Å²) in [5.74, 6) is 0.664. The first kappa shape index (κ1) is 12.6. The van der Waals surface area contributed by atoms with Crippen molar-refractivity contribution in [3.63, 3.8) is 0 Å². The van der Waals surface area contributed by atoms with Crippen molar-refractivity contribution in [2.24, 2.45) is 5.92 Å². The zero-order valence-corrected chi connectivity index (χ0v) is 10.7. The summed E-state index contributed by atoms with van der Waals surface area (Å²) < 4.78 is 0. The minimum atomic E-state index is 0.0130. The molecule has 0 atom stereocenters.